The Kier molecular flexibility index (Phi) is 8.05. The molecule has 0 atom stereocenters. The minimum atomic E-state index is -4.36. The number of anilines is 1. The van der Waals surface area contributed by atoms with Crippen molar-refractivity contribution in [2.24, 2.45) is 0 Å². The molecule has 0 aromatic heterocycles. The first-order chi connectivity index (χ1) is 15.7. The Labute approximate surface area is 188 Å². The molecule has 1 heterocycles. The molecule has 7 nitrogen and oxygen atoms in total. The lowest BCUT2D eigenvalue weighted by Crippen LogP contribution is -2.36. The van der Waals surface area contributed by atoms with Crippen LogP contribution in [0.4, 0.5) is 18.9 Å². The third-order valence-corrected chi connectivity index (χ3v) is 4.97. The van der Waals surface area contributed by atoms with Crippen molar-refractivity contribution in [1.29, 1.82) is 0 Å². The monoisotopic (exact) mass is 463 g/mol. The summed E-state index contributed by atoms with van der Waals surface area (Å²) in [6.45, 7) is -0.809. The van der Waals surface area contributed by atoms with Crippen LogP contribution in [0.2, 0.25) is 0 Å². The molecule has 0 radical (unpaired) electrons. The van der Waals surface area contributed by atoms with E-state index in [1.165, 1.54) is 0 Å². The molecule has 1 aliphatic rings. The topological polar surface area (TPSA) is 87.7 Å². The van der Waals surface area contributed by atoms with Crippen LogP contribution in [0.1, 0.15) is 34.3 Å². The van der Waals surface area contributed by atoms with E-state index in [-0.39, 0.29) is 31.5 Å². The Morgan fingerprint density at radius 3 is 2.24 bits per heavy atom. The van der Waals surface area contributed by atoms with E-state index in [0.29, 0.717) is 24.1 Å². The number of benzene rings is 2. The van der Waals surface area contributed by atoms with Gasteiger partial charge in [-0.1, -0.05) is 24.3 Å². The maximum Gasteiger partial charge on any atom is 0.411 e. The number of carbonyl (C=O) groups is 3. The number of nitrogens with zero attached hydrogens (tertiary/aromatic N) is 1. The van der Waals surface area contributed by atoms with Crippen LogP contribution < -0.4 is 15.5 Å². The van der Waals surface area contributed by atoms with E-state index in [1.807, 2.05) is 0 Å². The molecule has 0 bridgehead atoms. The second-order valence-electron chi connectivity index (χ2n) is 7.58. The molecule has 33 heavy (non-hydrogen) atoms. The number of hydrogen-bond donors (Lipinski definition) is 2. The highest BCUT2D eigenvalue weighted by molar-refractivity contribution is 5.98. The Hall–Kier alpha value is -3.40. The highest BCUT2D eigenvalue weighted by Crippen LogP contribution is 2.21. The van der Waals surface area contributed by atoms with E-state index in [4.69, 9.17) is 0 Å². The van der Waals surface area contributed by atoms with E-state index < -0.39 is 18.7 Å². The van der Waals surface area contributed by atoms with Crippen LogP contribution in [0.15, 0.2) is 48.5 Å². The largest absolute Gasteiger partial charge is 0.411 e. The zero-order valence-corrected chi connectivity index (χ0v) is 17.8. The van der Waals surface area contributed by atoms with Crippen LogP contribution in [0.3, 0.4) is 0 Å². The summed E-state index contributed by atoms with van der Waals surface area (Å²) in [7, 11) is 0. The number of alkyl halides is 3. The number of hydrogen-bond acceptors (Lipinski definition) is 4. The van der Waals surface area contributed by atoms with E-state index >= 15 is 0 Å². The van der Waals surface area contributed by atoms with Gasteiger partial charge in [-0.05, 0) is 41.8 Å². The summed E-state index contributed by atoms with van der Waals surface area (Å²) in [6.07, 6.45) is -3.02. The SMILES string of the molecule is O=C(CNC(=O)c1ccc(N2CCCC2=O)cc1)NCc1ccc(COCC(F)(F)F)cc1. The third kappa shape index (κ3) is 7.60. The van der Waals surface area contributed by atoms with Gasteiger partial charge in [0, 0.05) is 30.8 Å². The van der Waals surface area contributed by atoms with E-state index in [2.05, 4.69) is 15.4 Å². The lowest BCUT2D eigenvalue weighted by atomic mass is 10.1. The molecule has 0 aliphatic carbocycles. The van der Waals surface area contributed by atoms with Gasteiger partial charge in [0.1, 0.15) is 6.61 Å². The fraction of sp³-hybridized carbons (Fsp3) is 0.348. The summed E-state index contributed by atoms with van der Waals surface area (Å²) in [5.41, 5.74) is 2.45. The fourth-order valence-electron chi connectivity index (χ4n) is 3.28. The predicted molar refractivity (Wildman–Crippen MR) is 114 cm³/mol. The van der Waals surface area contributed by atoms with Gasteiger partial charge in [-0.2, -0.15) is 13.2 Å². The number of amides is 3. The Morgan fingerprint density at radius 1 is 0.970 bits per heavy atom. The van der Waals surface area contributed by atoms with Crippen molar-refractivity contribution in [3.05, 3.63) is 65.2 Å². The zero-order valence-electron chi connectivity index (χ0n) is 17.8. The van der Waals surface area contributed by atoms with Gasteiger partial charge in [0.2, 0.25) is 11.8 Å². The standard InChI is InChI=1S/C23H24F3N3O4/c24-23(25,26)15-33-14-17-5-3-16(4-6-17)12-27-20(30)13-28-22(32)18-7-9-19(10-8-18)29-11-1-2-21(29)31/h3-10H,1-2,11-15H2,(H,27,30)(H,28,32). The molecule has 3 amide bonds. The normalized spacial score (nSPS) is 13.8. The van der Waals surface area contributed by atoms with Gasteiger partial charge in [-0.15, -0.1) is 0 Å². The quantitative estimate of drug-likeness (QED) is 0.599. The van der Waals surface area contributed by atoms with Gasteiger partial charge >= 0.3 is 6.18 Å². The molecular weight excluding hydrogens is 439 g/mol. The molecular formula is C23H24F3N3O4. The first-order valence-corrected chi connectivity index (χ1v) is 10.4. The Morgan fingerprint density at radius 2 is 1.64 bits per heavy atom. The second-order valence-corrected chi connectivity index (χ2v) is 7.58. The number of ether oxygens (including phenoxy) is 1. The Bertz CT molecular complexity index is 976. The van der Waals surface area contributed by atoms with Crippen molar-refractivity contribution in [3.8, 4) is 0 Å². The lowest BCUT2D eigenvalue weighted by molar-refractivity contribution is -0.176. The maximum atomic E-state index is 12.3. The van der Waals surface area contributed by atoms with E-state index in [9.17, 15) is 27.6 Å². The predicted octanol–water partition coefficient (Wildman–Crippen LogP) is 2.94. The van der Waals surface area contributed by atoms with E-state index in [0.717, 1.165) is 17.7 Å². The molecule has 2 aromatic rings. The fourth-order valence-corrected chi connectivity index (χ4v) is 3.28. The summed E-state index contributed by atoms with van der Waals surface area (Å²) < 4.78 is 40.9. The average molecular weight is 463 g/mol. The summed E-state index contributed by atoms with van der Waals surface area (Å²) >= 11 is 0. The van der Waals surface area contributed by atoms with Crippen molar-refractivity contribution in [1.82, 2.24) is 10.6 Å². The molecule has 2 aromatic carbocycles. The van der Waals surface area contributed by atoms with Crippen LogP contribution in [0, 0.1) is 0 Å². The molecule has 1 aliphatic heterocycles. The highest BCUT2D eigenvalue weighted by Gasteiger charge is 2.27. The van der Waals surface area contributed by atoms with Gasteiger partial charge in [0.15, 0.2) is 0 Å². The molecule has 3 rings (SSSR count). The van der Waals surface area contributed by atoms with Crippen molar-refractivity contribution < 1.29 is 32.3 Å². The summed E-state index contributed by atoms with van der Waals surface area (Å²) in [5, 5.41) is 5.20. The Balaban J connectivity index is 1.38. The van der Waals surface area contributed by atoms with Gasteiger partial charge in [0.25, 0.3) is 5.91 Å². The lowest BCUT2D eigenvalue weighted by Gasteiger charge is -2.15. The number of rotatable bonds is 9. The summed E-state index contributed by atoms with van der Waals surface area (Å²) in [4.78, 5) is 37.7. The van der Waals surface area contributed by atoms with Crippen LogP contribution >= 0.6 is 0 Å². The van der Waals surface area contributed by atoms with Gasteiger partial charge in [0.05, 0.1) is 13.2 Å². The number of nitrogens with one attached hydrogen (secondary N) is 2. The molecule has 0 saturated carbocycles. The first-order valence-electron chi connectivity index (χ1n) is 10.4. The van der Waals surface area contributed by atoms with Crippen molar-refractivity contribution in [2.75, 3.05) is 24.6 Å². The maximum absolute atomic E-state index is 12.3. The smallest absolute Gasteiger partial charge is 0.367 e. The molecule has 2 N–H and O–H groups in total. The first kappa shape index (κ1) is 24.2. The second kappa shape index (κ2) is 11.0. The molecule has 0 unspecified atom stereocenters. The van der Waals surface area contributed by atoms with Crippen molar-refractivity contribution >= 4 is 23.4 Å². The number of carbonyl (C=O) groups excluding carboxylic acids is 3. The van der Waals surface area contributed by atoms with Crippen LogP contribution in [0.5, 0.6) is 0 Å². The molecule has 0 spiro atoms. The number of halogens is 3. The molecule has 176 valence electrons. The molecule has 1 saturated heterocycles. The average Bonchev–Trinajstić information content (AvgIpc) is 3.22. The minimum absolute atomic E-state index is 0.0632. The third-order valence-electron chi connectivity index (χ3n) is 4.97. The van der Waals surface area contributed by atoms with Crippen molar-refractivity contribution in [2.45, 2.75) is 32.2 Å². The van der Waals surface area contributed by atoms with Gasteiger partial charge in [-0.3, -0.25) is 14.4 Å². The van der Waals surface area contributed by atoms with Gasteiger partial charge in [-0.25, -0.2) is 0 Å². The minimum Gasteiger partial charge on any atom is -0.367 e. The van der Waals surface area contributed by atoms with Crippen LogP contribution in [0.25, 0.3) is 0 Å². The zero-order chi connectivity index (χ0) is 23.8. The molecule has 1 fully saturated rings. The summed E-state index contributed by atoms with van der Waals surface area (Å²) in [6, 6.07) is 13.2. The van der Waals surface area contributed by atoms with Gasteiger partial charge < -0.3 is 20.3 Å². The van der Waals surface area contributed by atoms with Crippen LogP contribution in [-0.2, 0) is 27.5 Å². The van der Waals surface area contributed by atoms with E-state index in [1.54, 1.807) is 53.4 Å². The highest BCUT2D eigenvalue weighted by atomic mass is 19.4. The molecule has 10 heteroatoms. The van der Waals surface area contributed by atoms with Crippen LogP contribution in [-0.4, -0.2) is 43.6 Å². The van der Waals surface area contributed by atoms with Crippen molar-refractivity contribution in [3.63, 3.8) is 0 Å². The summed E-state index contributed by atoms with van der Waals surface area (Å²) in [5.74, 6) is -0.735.